The van der Waals surface area contributed by atoms with Crippen LogP contribution in [0, 0.1) is 0 Å². The summed E-state index contributed by atoms with van der Waals surface area (Å²) in [5.74, 6) is 0.0124. The van der Waals surface area contributed by atoms with Crippen LogP contribution in [0.1, 0.15) is 28.4 Å². The summed E-state index contributed by atoms with van der Waals surface area (Å²) in [5.41, 5.74) is 3.04. The Kier molecular flexibility index (Phi) is 4.69. The van der Waals surface area contributed by atoms with Gasteiger partial charge in [0.25, 0.3) is 0 Å². The maximum atomic E-state index is 12.1. The summed E-state index contributed by atoms with van der Waals surface area (Å²) >= 11 is 3.40. The van der Waals surface area contributed by atoms with Crippen LogP contribution in [-0.2, 0) is 6.42 Å². The zero-order valence-electron chi connectivity index (χ0n) is 10.8. The second kappa shape index (κ2) is 6.48. The first kappa shape index (κ1) is 13.8. The minimum Gasteiger partial charge on any atom is -0.289 e. The zero-order valence-corrected chi connectivity index (χ0v) is 12.4. The van der Waals surface area contributed by atoms with Gasteiger partial charge in [-0.3, -0.25) is 4.79 Å². The Balaban J connectivity index is 2.24. The Bertz CT molecular complexity index is 614. The van der Waals surface area contributed by atoms with Crippen molar-refractivity contribution in [3.8, 4) is 0 Å². The third-order valence-electron chi connectivity index (χ3n) is 2.99. The topological polar surface area (TPSA) is 17.1 Å². The van der Waals surface area contributed by atoms with Gasteiger partial charge in [0.2, 0.25) is 0 Å². The van der Waals surface area contributed by atoms with Crippen molar-refractivity contribution in [2.24, 2.45) is 0 Å². The molecular weight excluding hydrogens is 300 g/mol. The van der Waals surface area contributed by atoms with Gasteiger partial charge in [0, 0.05) is 10.0 Å². The van der Waals surface area contributed by atoms with Crippen LogP contribution in [0.3, 0.4) is 0 Å². The van der Waals surface area contributed by atoms with Crippen LogP contribution in [0.5, 0.6) is 0 Å². The predicted molar refractivity (Wildman–Crippen MR) is 83.3 cm³/mol. The number of allylic oxidation sites excluding steroid dienone is 1. The van der Waals surface area contributed by atoms with Crippen molar-refractivity contribution in [2.75, 3.05) is 0 Å². The lowest BCUT2D eigenvalue weighted by Crippen LogP contribution is -1.95. The Morgan fingerprint density at radius 1 is 1.11 bits per heavy atom. The minimum absolute atomic E-state index is 0.0124. The summed E-state index contributed by atoms with van der Waals surface area (Å²) in [4.78, 5) is 12.1. The lowest BCUT2D eigenvalue weighted by Gasteiger charge is -2.02. The summed E-state index contributed by atoms with van der Waals surface area (Å²) < 4.78 is 0.827. The van der Waals surface area contributed by atoms with Gasteiger partial charge in [0.1, 0.15) is 0 Å². The normalized spacial score (nSPS) is 10.8. The van der Waals surface area contributed by atoms with Crippen molar-refractivity contribution in [2.45, 2.75) is 13.3 Å². The van der Waals surface area contributed by atoms with Gasteiger partial charge in [0.15, 0.2) is 5.78 Å². The molecule has 0 bridgehead atoms. The fraction of sp³-hybridized carbons (Fsp3) is 0.118. The summed E-state index contributed by atoms with van der Waals surface area (Å²) in [5, 5.41) is 0. The smallest absolute Gasteiger partial charge is 0.186 e. The molecule has 0 atom stereocenters. The molecule has 0 saturated carbocycles. The Morgan fingerprint density at radius 2 is 1.79 bits per heavy atom. The van der Waals surface area contributed by atoms with E-state index < -0.39 is 0 Å². The molecule has 0 aromatic heterocycles. The second-order valence-corrected chi connectivity index (χ2v) is 5.08. The van der Waals surface area contributed by atoms with Gasteiger partial charge in [-0.05, 0) is 35.8 Å². The summed E-state index contributed by atoms with van der Waals surface area (Å²) in [6, 6.07) is 15.6. The molecule has 96 valence electrons. The van der Waals surface area contributed by atoms with Crippen molar-refractivity contribution in [1.29, 1.82) is 0 Å². The van der Waals surface area contributed by atoms with E-state index in [0.29, 0.717) is 5.56 Å². The average molecular weight is 315 g/mol. The molecule has 0 aliphatic rings. The van der Waals surface area contributed by atoms with Gasteiger partial charge in [0.05, 0.1) is 0 Å². The van der Waals surface area contributed by atoms with E-state index in [0.717, 1.165) is 16.5 Å². The molecule has 0 unspecified atom stereocenters. The van der Waals surface area contributed by atoms with E-state index >= 15 is 0 Å². The maximum Gasteiger partial charge on any atom is 0.186 e. The quantitative estimate of drug-likeness (QED) is 0.579. The largest absolute Gasteiger partial charge is 0.289 e. The number of ketones is 1. The van der Waals surface area contributed by atoms with E-state index in [1.807, 2.05) is 48.5 Å². The van der Waals surface area contributed by atoms with Gasteiger partial charge in [-0.2, -0.15) is 0 Å². The molecule has 0 aliphatic carbocycles. The SMILES string of the molecule is CCc1ccccc1/C=C/C(=O)c1ccccc1Br. The van der Waals surface area contributed by atoms with Gasteiger partial charge in [-0.25, -0.2) is 0 Å². The van der Waals surface area contributed by atoms with Crippen molar-refractivity contribution in [3.63, 3.8) is 0 Å². The fourth-order valence-electron chi connectivity index (χ4n) is 1.94. The predicted octanol–water partition coefficient (Wildman–Crippen LogP) is 4.91. The van der Waals surface area contributed by atoms with E-state index in [1.165, 1.54) is 5.56 Å². The number of hydrogen-bond donors (Lipinski definition) is 0. The van der Waals surface area contributed by atoms with Gasteiger partial charge < -0.3 is 0 Å². The monoisotopic (exact) mass is 314 g/mol. The van der Waals surface area contributed by atoms with Crippen molar-refractivity contribution >= 4 is 27.8 Å². The number of rotatable bonds is 4. The first-order valence-corrected chi connectivity index (χ1v) is 7.06. The average Bonchev–Trinajstić information content (AvgIpc) is 2.45. The van der Waals surface area contributed by atoms with Crippen LogP contribution in [0.2, 0.25) is 0 Å². The molecule has 2 aromatic carbocycles. The lowest BCUT2D eigenvalue weighted by molar-refractivity contribution is 0.104. The molecule has 0 heterocycles. The van der Waals surface area contributed by atoms with Crippen molar-refractivity contribution in [1.82, 2.24) is 0 Å². The van der Waals surface area contributed by atoms with Crippen LogP contribution in [-0.4, -0.2) is 5.78 Å². The van der Waals surface area contributed by atoms with Gasteiger partial charge in [-0.1, -0.05) is 65.3 Å². The highest BCUT2D eigenvalue weighted by molar-refractivity contribution is 9.10. The van der Waals surface area contributed by atoms with Gasteiger partial charge >= 0.3 is 0 Å². The third-order valence-corrected chi connectivity index (χ3v) is 3.68. The van der Waals surface area contributed by atoms with Crippen LogP contribution >= 0.6 is 15.9 Å². The summed E-state index contributed by atoms with van der Waals surface area (Å²) in [6.07, 6.45) is 4.49. The zero-order chi connectivity index (χ0) is 13.7. The molecule has 2 heteroatoms. The molecule has 0 radical (unpaired) electrons. The number of benzene rings is 2. The van der Waals surface area contributed by atoms with E-state index in [1.54, 1.807) is 6.08 Å². The molecule has 19 heavy (non-hydrogen) atoms. The van der Waals surface area contributed by atoms with Crippen LogP contribution < -0.4 is 0 Å². The molecule has 0 amide bonds. The number of hydrogen-bond acceptors (Lipinski definition) is 1. The van der Waals surface area contributed by atoms with Crippen LogP contribution in [0.25, 0.3) is 6.08 Å². The Morgan fingerprint density at radius 3 is 2.53 bits per heavy atom. The van der Waals surface area contributed by atoms with Crippen LogP contribution in [0.4, 0.5) is 0 Å². The number of halogens is 1. The Hall–Kier alpha value is -1.67. The molecule has 2 aromatic rings. The van der Waals surface area contributed by atoms with E-state index in [4.69, 9.17) is 0 Å². The minimum atomic E-state index is 0.0124. The lowest BCUT2D eigenvalue weighted by atomic mass is 10.0. The maximum absolute atomic E-state index is 12.1. The molecule has 1 nitrogen and oxygen atoms in total. The molecule has 0 aliphatic heterocycles. The fourth-order valence-corrected chi connectivity index (χ4v) is 2.42. The van der Waals surface area contributed by atoms with E-state index in [9.17, 15) is 4.79 Å². The number of carbonyl (C=O) groups is 1. The highest BCUT2D eigenvalue weighted by atomic mass is 79.9. The number of carbonyl (C=O) groups excluding carboxylic acids is 1. The highest BCUT2D eigenvalue weighted by Gasteiger charge is 2.05. The van der Waals surface area contributed by atoms with E-state index in [2.05, 4.69) is 28.9 Å². The first-order valence-electron chi connectivity index (χ1n) is 6.27. The first-order chi connectivity index (χ1) is 9.22. The van der Waals surface area contributed by atoms with Crippen molar-refractivity contribution in [3.05, 3.63) is 75.8 Å². The molecule has 0 saturated heterocycles. The molecular formula is C17H15BrO. The standard InChI is InChI=1S/C17H15BrO/c1-2-13-7-3-4-8-14(13)11-12-17(19)15-9-5-6-10-16(15)18/h3-12H,2H2,1H3/b12-11+. The third kappa shape index (κ3) is 3.42. The molecule has 0 fully saturated rings. The molecule has 0 N–H and O–H groups in total. The summed E-state index contributed by atoms with van der Waals surface area (Å²) in [7, 11) is 0. The Labute approximate surface area is 122 Å². The second-order valence-electron chi connectivity index (χ2n) is 4.23. The summed E-state index contributed by atoms with van der Waals surface area (Å²) in [6.45, 7) is 2.11. The molecule has 2 rings (SSSR count). The highest BCUT2D eigenvalue weighted by Crippen LogP contribution is 2.18. The number of aryl methyl sites for hydroxylation is 1. The van der Waals surface area contributed by atoms with Gasteiger partial charge in [-0.15, -0.1) is 0 Å². The van der Waals surface area contributed by atoms with Crippen molar-refractivity contribution < 1.29 is 4.79 Å². The van der Waals surface area contributed by atoms with E-state index in [-0.39, 0.29) is 5.78 Å². The van der Waals surface area contributed by atoms with Crippen LogP contribution in [0.15, 0.2) is 59.1 Å². The molecule has 0 spiro atoms.